The van der Waals surface area contributed by atoms with Gasteiger partial charge in [-0.2, -0.15) is 0 Å². The van der Waals surface area contributed by atoms with Crippen LogP contribution in [0.5, 0.6) is 0 Å². The summed E-state index contributed by atoms with van der Waals surface area (Å²) < 4.78 is 9.04. The maximum absolute atomic E-state index is 6.62. The summed E-state index contributed by atoms with van der Waals surface area (Å²) in [4.78, 5) is 16.2. The Balaban J connectivity index is 0.876. The SMILES string of the molecule is c1ccc(-c2ccc(-c3ccc(-c4nc(-c5ccc(-c6ccc(-c7ccccc7)cc6)cc5)nc(-c5ccc(-n6c7cc8ccccc8cc7c7c(-c8ccccc8)cccc76)cc5-c5ccc6c(c5)oc5ccccc56)n4)cc3)cc2)cc1. The van der Waals surface area contributed by atoms with Crippen LogP contribution in [0.1, 0.15) is 0 Å². The molecule has 16 rings (SSSR count). The molecular weight excluding hydrogens is 1020 g/mol. The molecule has 3 aromatic heterocycles. The Labute approximate surface area is 485 Å². The van der Waals surface area contributed by atoms with Gasteiger partial charge in [-0.05, 0) is 132 Å². The van der Waals surface area contributed by atoms with Gasteiger partial charge >= 0.3 is 0 Å². The van der Waals surface area contributed by atoms with Gasteiger partial charge in [0.2, 0.25) is 0 Å². The second kappa shape index (κ2) is 20.4. The average Bonchev–Trinajstić information content (AvgIpc) is 1.90. The van der Waals surface area contributed by atoms with E-state index in [1.54, 1.807) is 0 Å². The Bertz CT molecular complexity index is 4980. The highest BCUT2D eigenvalue weighted by molar-refractivity contribution is 6.19. The smallest absolute Gasteiger partial charge is 0.164 e. The lowest BCUT2D eigenvalue weighted by Gasteiger charge is -2.16. The van der Waals surface area contributed by atoms with Crippen LogP contribution in [0.3, 0.4) is 0 Å². The lowest BCUT2D eigenvalue weighted by atomic mass is 9.96. The molecule has 5 heteroatoms. The first kappa shape index (κ1) is 48.6. The largest absolute Gasteiger partial charge is 0.456 e. The molecule has 5 nitrogen and oxygen atoms in total. The fourth-order valence-corrected chi connectivity index (χ4v) is 12.2. The van der Waals surface area contributed by atoms with E-state index in [4.69, 9.17) is 19.4 Å². The van der Waals surface area contributed by atoms with E-state index in [0.29, 0.717) is 17.5 Å². The van der Waals surface area contributed by atoms with Gasteiger partial charge in [0.1, 0.15) is 11.2 Å². The number of furan rings is 1. The molecule has 0 spiro atoms. The van der Waals surface area contributed by atoms with Gasteiger partial charge in [0.15, 0.2) is 17.5 Å². The van der Waals surface area contributed by atoms with Crippen LogP contribution >= 0.6 is 0 Å². The van der Waals surface area contributed by atoms with E-state index >= 15 is 0 Å². The molecular formula is C79H50N4O. The number of nitrogens with zero attached hydrogens (tertiary/aromatic N) is 4. The Hall–Kier alpha value is -11.3. The minimum atomic E-state index is 0.557. The normalized spacial score (nSPS) is 11.6. The van der Waals surface area contributed by atoms with Crippen LogP contribution in [0.15, 0.2) is 308 Å². The second-order valence-corrected chi connectivity index (χ2v) is 21.5. The van der Waals surface area contributed by atoms with Crippen molar-refractivity contribution in [2.75, 3.05) is 0 Å². The Morgan fingerprint density at radius 1 is 0.238 bits per heavy atom. The van der Waals surface area contributed by atoms with Crippen molar-refractivity contribution in [3.05, 3.63) is 303 Å². The number of rotatable bonds is 10. The number of benzene rings is 13. The van der Waals surface area contributed by atoms with Crippen molar-refractivity contribution < 1.29 is 4.42 Å². The fraction of sp³-hybridized carbons (Fsp3) is 0. The number of aromatic nitrogens is 4. The third-order valence-corrected chi connectivity index (χ3v) is 16.5. The molecule has 0 radical (unpaired) electrons. The molecule has 0 N–H and O–H groups in total. The first-order chi connectivity index (χ1) is 41.6. The van der Waals surface area contributed by atoms with Gasteiger partial charge in [-0.1, -0.05) is 249 Å². The van der Waals surface area contributed by atoms with Gasteiger partial charge in [-0.25, -0.2) is 15.0 Å². The summed E-state index contributed by atoms with van der Waals surface area (Å²) in [6.45, 7) is 0. The molecule has 13 aromatic carbocycles. The molecule has 0 unspecified atom stereocenters. The molecule has 0 saturated heterocycles. The van der Waals surface area contributed by atoms with Gasteiger partial charge in [0, 0.05) is 43.9 Å². The summed E-state index contributed by atoms with van der Waals surface area (Å²) in [5.41, 5.74) is 21.0. The molecule has 392 valence electrons. The monoisotopic (exact) mass is 1070 g/mol. The van der Waals surface area contributed by atoms with Crippen LogP contribution in [0.2, 0.25) is 0 Å². The lowest BCUT2D eigenvalue weighted by molar-refractivity contribution is 0.669. The second-order valence-electron chi connectivity index (χ2n) is 21.5. The van der Waals surface area contributed by atoms with Gasteiger partial charge in [-0.3, -0.25) is 0 Å². The van der Waals surface area contributed by atoms with E-state index in [0.717, 1.165) is 88.7 Å². The summed E-state index contributed by atoms with van der Waals surface area (Å²) >= 11 is 0. The molecule has 3 heterocycles. The van der Waals surface area contributed by atoms with Crippen molar-refractivity contribution in [1.29, 1.82) is 0 Å². The van der Waals surface area contributed by atoms with Gasteiger partial charge in [0.25, 0.3) is 0 Å². The van der Waals surface area contributed by atoms with Crippen molar-refractivity contribution in [3.63, 3.8) is 0 Å². The van der Waals surface area contributed by atoms with Crippen LogP contribution in [0.25, 0.3) is 161 Å². The van der Waals surface area contributed by atoms with Gasteiger partial charge in [0.05, 0.1) is 11.0 Å². The zero-order valence-electron chi connectivity index (χ0n) is 45.6. The predicted octanol–water partition coefficient (Wildman–Crippen LogP) is 21.0. The van der Waals surface area contributed by atoms with E-state index in [9.17, 15) is 0 Å². The summed E-state index contributed by atoms with van der Waals surface area (Å²) in [5, 5.41) is 6.91. The molecule has 0 aliphatic heterocycles. The van der Waals surface area contributed by atoms with Crippen molar-refractivity contribution in [1.82, 2.24) is 19.5 Å². The summed E-state index contributed by atoms with van der Waals surface area (Å²) in [6, 6.07) is 108. The van der Waals surface area contributed by atoms with Crippen LogP contribution in [0, 0.1) is 0 Å². The molecule has 0 saturated carbocycles. The molecule has 0 aliphatic carbocycles. The summed E-state index contributed by atoms with van der Waals surface area (Å²) in [6.07, 6.45) is 0. The number of hydrogen-bond acceptors (Lipinski definition) is 4. The third-order valence-electron chi connectivity index (χ3n) is 16.5. The summed E-state index contributed by atoms with van der Waals surface area (Å²) in [7, 11) is 0. The van der Waals surface area contributed by atoms with Crippen molar-refractivity contribution in [2.45, 2.75) is 0 Å². The number of fused-ring (bicyclic) bond motifs is 7. The topological polar surface area (TPSA) is 56.7 Å². The zero-order chi connectivity index (χ0) is 55.5. The maximum atomic E-state index is 6.62. The van der Waals surface area contributed by atoms with Crippen LogP contribution in [-0.4, -0.2) is 19.5 Å². The highest BCUT2D eigenvalue weighted by Crippen LogP contribution is 2.43. The lowest BCUT2D eigenvalue weighted by Crippen LogP contribution is -2.02. The number of hydrogen-bond donors (Lipinski definition) is 0. The van der Waals surface area contributed by atoms with E-state index in [-0.39, 0.29) is 0 Å². The summed E-state index contributed by atoms with van der Waals surface area (Å²) in [5.74, 6) is 1.71. The van der Waals surface area contributed by atoms with Crippen LogP contribution in [0.4, 0.5) is 0 Å². The minimum Gasteiger partial charge on any atom is -0.456 e. The van der Waals surface area contributed by atoms with Gasteiger partial charge in [-0.15, -0.1) is 0 Å². The standard InChI is InChI=1S/C79H50N4O/c1-4-15-51(16-5-1)53-27-31-55(32-28-53)57-35-39-60(40-36-57)77-80-78(61-41-37-58(38-42-61)56-33-29-54(30-34-56)52-17-6-2-7-18-52)82-79(81-77)69-46-44-65(50-70(69)64-43-45-68-67-23-12-13-26-74(67)84-75(68)49-64)83-72-25-14-24-66(59-19-8-3-9-20-59)76(72)71-47-62-21-10-11-22-63(62)48-73(71)83/h1-50H. The molecule has 0 aliphatic rings. The van der Waals surface area contributed by atoms with Crippen molar-refractivity contribution in [2.24, 2.45) is 0 Å². The van der Waals surface area contributed by atoms with E-state index in [1.807, 2.05) is 12.1 Å². The molecule has 16 aromatic rings. The molecule has 0 amide bonds. The van der Waals surface area contributed by atoms with Gasteiger partial charge < -0.3 is 8.98 Å². The average molecular weight is 1070 g/mol. The van der Waals surface area contributed by atoms with Crippen LogP contribution in [-0.2, 0) is 0 Å². The predicted molar refractivity (Wildman–Crippen MR) is 348 cm³/mol. The van der Waals surface area contributed by atoms with Crippen molar-refractivity contribution >= 4 is 54.5 Å². The highest BCUT2D eigenvalue weighted by Gasteiger charge is 2.22. The Morgan fingerprint density at radius 2 is 0.690 bits per heavy atom. The molecule has 0 bridgehead atoms. The quantitative estimate of drug-likeness (QED) is 0.137. The third kappa shape index (κ3) is 8.71. The number of para-hydroxylation sites is 1. The first-order valence-corrected chi connectivity index (χ1v) is 28.5. The van der Waals surface area contributed by atoms with Crippen molar-refractivity contribution in [3.8, 4) is 107 Å². The Kier molecular flexibility index (Phi) is 11.8. The fourth-order valence-electron chi connectivity index (χ4n) is 12.2. The molecule has 0 fully saturated rings. The van der Waals surface area contributed by atoms with E-state index in [1.165, 1.54) is 54.9 Å². The minimum absolute atomic E-state index is 0.557. The maximum Gasteiger partial charge on any atom is 0.164 e. The van der Waals surface area contributed by atoms with Crippen LogP contribution < -0.4 is 0 Å². The Morgan fingerprint density at radius 3 is 1.26 bits per heavy atom. The zero-order valence-corrected chi connectivity index (χ0v) is 45.6. The first-order valence-electron chi connectivity index (χ1n) is 28.5. The highest BCUT2D eigenvalue weighted by atomic mass is 16.3. The molecule has 0 atom stereocenters. The van der Waals surface area contributed by atoms with E-state index < -0.39 is 0 Å². The van der Waals surface area contributed by atoms with E-state index in [2.05, 4.69) is 296 Å². The molecule has 84 heavy (non-hydrogen) atoms.